The molecule has 0 saturated carbocycles. The number of carbonyl (C=O) groups is 1. The van der Waals surface area contributed by atoms with Crippen molar-refractivity contribution in [1.82, 2.24) is 10.2 Å². The fourth-order valence-electron chi connectivity index (χ4n) is 4.12. The molecule has 0 aliphatic heterocycles. The molecule has 0 radical (unpaired) electrons. The molecule has 0 fully saturated rings. The lowest BCUT2D eigenvalue weighted by Gasteiger charge is -2.26. The smallest absolute Gasteiger partial charge is 0.311 e. The number of benzene rings is 2. The van der Waals surface area contributed by atoms with E-state index in [4.69, 9.17) is 0 Å². The predicted octanol–water partition coefficient (Wildman–Crippen LogP) is 7.00. The van der Waals surface area contributed by atoms with Gasteiger partial charge in [0.2, 0.25) is 0 Å². The van der Waals surface area contributed by atoms with Crippen LogP contribution in [0.5, 0.6) is 0 Å². The summed E-state index contributed by atoms with van der Waals surface area (Å²) >= 11 is 0. The van der Waals surface area contributed by atoms with Crippen molar-refractivity contribution < 1.29 is 9.90 Å². The number of unbranched alkanes of at least 4 members (excludes halogenated alkanes) is 1. The zero-order valence-corrected chi connectivity index (χ0v) is 19.3. The minimum atomic E-state index is -0.773. The Balaban J connectivity index is 2.17. The van der Waals surface area contributed by atoms with Crippen LogP contribution in [0.4, 0.5) is 0 Å². The van der Waals surface area contributed by atoms with Gasteiger partial charge in [0.15, 0.2) is 0 Å². The van der Waals surface area contributed by atoms with E-state index in [0.29, 0.717) is 6.42 Å². The highest BCUT2D eigenvalue weighted by atomic mass is 16.4. The summed E-state index contributed by atoms with van der Waals surface area (Å²) in [5, 5.41) is 17.1. The highest BCUT2D eigenvalue weighted by Crippen LogP contribution is 2.39. The van der Waals surface area contributed by atoms with Gasteiger partial charge in [0.1, 0.15) is 0 Å². The summed E-state index contributed by atoms with van der Waals surface area (Å²) in [5.41, 5.74) is 7.50. The average molecular weight is 419 g/mol. The second-order valence-corrected chi connectivity index (χ2v) is 9.69. The highest BCUT2D eigenvalue weighted by Gasteiger charge is 2.28. The molecule has 1 aromatic heterocycles. The minimum absolute atomic E-state index is 0.0941. The molecule has 2 N–H and O–H groups in total. The van der Waals surface area contributed by atoms with Gasteiger partial charge in [0, 0.05) is 11.8 Å². The number of carboxylic acid groups (broad SMARTS) is 1. The first-order chi connectivity index (χ1) is 14.7. The van der Waals surface area contributed by atoms with Gasteiger partial charge >= 0.3 is 5.97 Å². The molecule has 2 aromatic carbocycles. The zero-order valence-electron chi connectivity index (χ0n) is 19.3. The van der Waals surface area contributed by atoms with Crippen LogP contribution in [0, 0.1) is 12.3 Å². The molecule has 1 atom stereocenters. The van der Waals surface area contributed by atoms with Crippen molar-refractivity contribution in [2.45, 2.75) is 66.2 Å². The fraction of sp³-hybridized carbons (Fsp3) is 0.407. The third-order valence-corrected chi connectivity index (χ3v) is 5.83. The van der Waals surface area contributed by atoms with E-state index < -0.39 is 11.9 Å². The van der Waals surface area contributed by atoms with Crippen molar-refractivity contribution >= 4 is 5.97 Å². The minimum Gasteiger partial charge on any atom is -0.481 e. The number of carboxylic acids is 1. The molecule has 31 heavy (non-hydrogen) atoms. The number of rotatable bonds is 8. The Labute approximate surface area is 185 Å². The van der Waals surface area contributed by atoms with E-state index in [1.165, 1.54) is 11.1 Å². The van der Waals surface area contributed by atoms with E-state index in [1.54, 1.807) is 6.20 Å². The molecular formula is C27H34N2O2. The Morgan fingerprint density at radius 3 is 2.45 bits per heavy atom. The molecule has 0 spiro atoms. The second-order valence-electron chi connectivity index (χ2n) is 9.69. The van der Waals surface area contributed by atoms with E-state index in [2.05, 4.69) is 69.1 Å². The van der Waals surface area contributed by atoms with E-state index in [1.807, 2.05) is 18.3 Å². The highest BCUT2D eigenvalue weighted by molar-refractivity contribution is 5.83. The van der Waals surface area contributed by atoms with Crippen LogP contribution in [0.3, 0.4) is 0 Å². The SMILES string of the molecule is CCCCc1cc(-c2cc(-c3cn[nH]c3)ccc2C(CC(C)(C)C)C(=O)O)ccc1C. The quantitative estimate of drug-likeness (QED) is 0.414. The lowest BCUT2D eigenvalue weighted by atomic mass is 9.78. The zero-order chi connectivity index (χ0) is 22.6. The van der Waals surface area contributed by atoms with Gasteiger partial charge in [-0.05, 0) is 71.0 Å². The topological polar surface area (TPSA) is 66.0 Å². The molecule has 0 aliphatic rings. The van der Waals surface area contributed by atoms with Crippen LogP contribution in [0.2, 0.25) is 0 Å². The van der Waals surface area contributed by atoms with Crippen LogP contribution in [0.25, 0.3) is 22.3 Å². The van der Waals surface area contributed by atoms with Crippen molar-refractivity contribution in [2.75, 3.05) is 0 Å². The Bertz CT molecular complexity index is 1030. The molecular weight excluding hydrogens is 384 g/mol. The number of hydrogen-bond donors (Lipinski definition) is 2. The molecule has 0 bridgehead atoms. The Kier molecular flexibility index (Phi) is 6.99. The molecule has 0 aliphatic carbocycles. The van der Waals surface area contributed by atoms with Gasteiger partial charge in [-0.25, -0.2) is 0 Å². The number of aromatic nitrogens is 2. The molecule has 1 unspecified atom stereocenters. The summed E-state index contributed by atoms with van der Waals surface area (Å²) in [5.74, 6) is -1.33. The molecule has 3 aromatic rings. The van der Waals surface area contributed by atoms with Crippen LogP contribution in [-0.4, -0.2) is 21.3 Å². The van der Waals surface area contributed by atoms with Crippen molar-refractivity contribution in [3.63, 3.8) is 0 Å². The molecule has 0 saturated heterocycles. The molecule has 0 amide bonds. The first kappa shape index (κ1) is 22.8. The van der Waals surface area contributed by atoms with Gasteiger partial charge in [0.25, 0.3) is 0 Å². The van der Waals surface area contributed by atoms with Gasteiger partial charge in [-0.1, -0.05) is 64.4 Å². The number of hydrogen-bond acceptors (Lipinski definition) is 2. The standard InChI is InChI=1S/C27H34N2O2/c1-6-7-8-19-13-21(10-9-18(19)2)24-14-20(22-16-28-29-17-22)11-12-23(24)25(26(30)31)15-27(3,4)5/h9-14,16-17,25H,6-8,15H2,1-5H3,(H,28,29)(H,30,31). The summed E-state index contributed by atoms with van der Waals surface area (Å²) in [6.45, 7) is 10.6. The van der Waals surface area contributed by atoms with E-state index in [0.717, 1.165) is 47.1 Å². The fourth-order valence-corrected chi connectivity index (χ4v) is 4.12. The predicted molar refractivity (Wildman–Crippen MR) is 127 cm³/mol. The number of aryl methyl sites for hydroxylation is 2. The van der Waals surface area contributed by atoms with Crippen LogP contribution in [0.15, 0.2) is 48.8 Å². The Hall–Kier alpha value is -2.88. The van der Waals surface area contributed by atoms with Crippen molar-refractivity contribution in [1.29, 1.82) is 0 Å². The van der Waals surface area contributed by atoms with E-state index in [9.17, 15) is 9.90 Å². The third-order valence-electron chi connectivity index (χ3n) is 5.83. The summed E-state index contributed by atoms with van der Waals surface area (Å²) in [4.78, 5) is 12.3. The summed E-state index contributed by atoms with van der Waals surface area (Å²) in [7, 11) is 0. The Morgan fingerprint density at radius 1 is 1.10 bits per heavy atom. The summed E-state index contributed by atoms with van der Waals surface area (Å²) < 4.78 is 0. The number of aliphatic carboxylic acids is 1. The number of aromatic amines is 1. The van der Waals surface area contributed by atoms with E-state index >= 15 is 0 Å². The largest absolute Gasteiger partial charge is 0.481 e. The van der Waals surface area contributed by atoms with Crippen LogP contribution >= 0.6 is 0 Å². The lowest BCUT2D eigenvalue weighted by Crippen LogP contribution is -2.20. The van der Waals surface area contributed by atoms with Gasteiger partial charge in [-0.3, -0.25) is 9.89 Å². The summed E-state index contributed by atoms with van der Waals surface area (Å²) in [6.07, 6.45) is 7.58. The number of nitrogens with one attached hydrogen (secondary N) is 1. The van der Waals surface area contributed by atoms with Gasteiger partial charge in [0.05, 0.1) is 12.1 Å². The third kappa shape index (κ3) is 5.63. The monoisotopic (exact) mass is 418 g/mol. The van der Waals surface area contributed by atoms with Crippen molar-refractivity contribution in [3.8, 4) is 22.3 Å². The normalized spacial score (nSPS) is 12.7. The first-order valence-electron chi connectivity index (χ1n) is 11.2. The second kappa shape index (κ2) is 9.51. The first-order valence-corrected chi connectivity index (χ1v) is 11.2. The van der Waals surface area contributed by atoms with Crippen molar-refractivity contribution in [2.24, 2.45) is 5.41 Å². The van der Waals surface area contributed by atoms with Crippen molar-refractivity contribution in [3.05, 3.63) is 65.5 Å². The maximum atomic E-state index is 12.3. The number of nitrogens with zero attached hydrogens (tertiary/aromatic N) is 1. The molecule has 3 rings (SSSR count). The number of H-pyrrole nitrogens is 1. The van der Waals surface area contributed by atoms with Crippen LogP contribution < -0.4 is 0 Å². The lowest BCUT2D eigenvalue weighted by molar-refractivity contribution is -0.139. The van der Waals surface area contributed by atoms with Crippen LogP contribution in [-0.2, 0) is 11.2 Å². The van der Waals surface area contributed by atoms with Gasteiger partial charge in [-0.2, -0.15) is 5.10 Å². The van der Waals surface area contributed by atoms with Crippen LogP contribution in [0.1, 0.15) is 69.6 Å². The van der Waals surface area contributed by atoms with E-state index in [-0.39, 0.29) is 5.41 Å². The average Bonchev–Trinajstić information content (AvgIpc) is 3.25. The maximum absolute atomic E-state index is 12.3. The maximum Gasteiger partial charge on any atom is 0.311 e. The molecule has 4 nitrogen and oxygen atoms in total. The molecule has 164 valence electrons. The Morgan fingerprint density at radius 2 is 1.84 bits per heavy atom. The molecule has 1 heterocycles. The summed E-state index contributed by atoms with van der Waals surface area (Å²) in [6, 6.07) is 12.7. The van der Waals surface area contributed by atoms with Gasteiger partial charge in [-0.15, -0.1) is 0 Å². The molecule has 4 heteroatoms. The van der Waals surface area contributed by atoms with Gasteiger partial charge < -0.3 is 5.11 Å².